The van der Waals surface area contributed by atoms with Gasteiger partial charge in [-0.15, -0.1) is 0 Å². The van der Waals surface area contributed by atoms with E-state index in [-0.39, 0.29) is 17.3 Å². The summed E-state index contributed by atoms with van der Waals surface area (Å²) in [7, 11) is 0. The van der Waals surface area contributed by atoms with Gasteiger partial charge in [-0.3, -0.25) is 9.59 Å². The first kappa shape index (κ1) is 25.5. The van der Waals surface area contributed by atoms with E-state index >= 15 is 0 Å². The predicted molar refractivity (Wildman–Crippen MR) is 149 cm³/mol. The number of ether oxygens (including phenoxy) is 1. The molecule has 1 saturated heterocycles. The number of hydrogen-bond acceptors (Lipinski definition) is 6. The maximum absolute atomic E-state index is 13.7. The first-order chi connectivity index (χ1) is 18.5. The molecule has 9 heteroatoms. The number of aromatic nitrogens is 2. The Morgan fingerprint density at radius 2 is 1.71 bits per heavy atom. The number of likely N-dealkylation sites (N-methyl/N-ethyl adjacent to an activating group) is 1. The van der Waals surface area contributed by atoms with E-state index in [1.165, 1.54) is 10.9 Å². The lowest BCUT2D eigenvalue weighted by Gasteiger charge is -2.34. The molecule has 5 rings (SSSR count). The van der Waals surface area contributed by atoms with Crippen molar-refractivity contribution in [3.8, 4) is 17.2 Å². The van der Waals surface area contributed by atoms with Crippen molar-refractivity contribution >= 4 is 28.9 Å². The van der Waals surface area contributed by atoms with Crippen LogP contribution in [0.3, 0.4) is 0 Å². The van der Waals surface area contributed by atoms with E-state index < -0.39 is 5.56 Å². The Hall–Kier alpha value is -4.14. The quantitative estimate of drug-likeness (QED) is 0.354. The number of halogens is 1. The van der Waals surface area contributed by atoms with E-state index in [2.05, 4.69) is 22.2 Å². The van der Waals surface area contributed by atoms with Crippen molar-refractivity contribution in [3.05, 3.63) is 106 Å². The lowest BCUT2D eigenvalue weighted by Crippen LogP contribution is -2.48. The van der Waals surface area contributed by atoms with Crippen LogP contribution in [0.15, 0.2) is 89.9 Å². The van der Waals surface area contributed by atoms with Gasteiger partial charge in [-0.05, 0) is 49.0 Å². The Balaban J connectivity index is 1.48. The molecule has 0 aliphatic carbocycles. The highest BCUT2D eigenvalue weighted by molar-refractivity contribution is 6.32. The van der Waals surface area contributed by atoms with Gasteiger partial charge in [0.05, 0.1) is 16.9 Å². The number of rotatable bonds is 7. The third kappa shape index (κ3) is 5.56. The summed E-state index contributed by atoms with van der Waals surface area (Å²) in [6.45, 7) is 6.20. The van der Waals surface area contributed by atoms with Crippen molar-refractivity contribution in [2.75, 3.05) is 38.0 Å². The highest BCUT2D eigenvalue weighted by Crippen LogP contribution is 2.30. The van der Waals surface area contributed by atoms with E-state index in [1.807, 2.05) is 23.1 Å². The van der Waals surface area contributed by atoms with Crippen LogP contribution in [-0.2, 0) is 0 Å². The molecular formula is C29H28ClN5O3. The number of carbonyl (C=O) groups excluding carboxylic acids is 1. The fourth-order valence-electron chi connectivity index (χ4n) is 4.37. The van der Waals surface area contributed by atoms with Crippen LogP contribution < -0.4 is 15.6 Å². The fraction of sp³-hybridized carbons (Fsp3) is 0.207. The zero-order chi connectivity index (χ0) is 26.5. The largest absolute Gasteiger partial charge is 0.453 e. The molecule has 194 valence electrons. The summed E-state index contributed by atoms with van der Waals surface area (Å²) >= 11 is 6.36. The number of nitrogens with one attached hydrogen (secondary N) is 1. The minimum Gasteiger partial charge on any atom is -0.453 e. The first-order valence-electron chi connectivity index (χ1n) is 12.5. The normalized spacial score (nSPS) is 13.8. The number of para-hydroxylation sites is 2. The summed E-state index contributed by atoms with van der Waals surface area (Å²) in [6.07, 6.45) is 1.47. The molecule has 1 fully saturated rings. The van der Waals surface area contributed by atoms with Crippen molar-refractivity contribution < 1.29 is 9.53 Å². The van der Waals surface area contributed by atoms with Gasteiger partial charge in [0, 0.05) is 37.4 Å². The third-order valence-electron chi connectivity index (χ3n) is 6.48. The lowest BCUT2D eigenvalue weighted by molar-refractivity contribution is 0.0643. The molecule has 38 heavy (non-hydrogen) atoms. The van der Waals surface area contributed by atoms with Gasteiger partial charge >= 0.3 is 0 Å². The smallest absolute Gasteiger partial charge is 0.299 e. The molecule has 0 spiro atoms. The second kappa shape index (κ2) is 11.5. The molecule has 1 amide bonds. The Morgan fingerprint density at radius 3 is 2.45 bits per heavy atom. The topological polar surface area (TPSA) is 79.7 Å². The molecule has 0 unspecified atom stereocenters. The maximum atomic E-state index is 13.7. The molecule has 3 aromatic carbocycles. The number of anilines is 2. The molecule has 0 bridgehead atoms. The van der Waals surface area contributed by atoms with Crippen molar-refractivity contribution in [3.63, 3.8) is 0 Å². The second-order valence-electron chi connectivity index (χ2n) is 8.90. The van der Waals surface area contributed by atoms with Crippen molar-refractivity contribution in [1.82, 2.24) is 19.6 Å². The predicted octanol–water partition coefficient (Wildman–Crippen LogP) is 5.20. The Bertz CT molecular complexity index is 1480. The van der Waals surface area contributed by atoms with Crippen molar-refractivity contribution in [2.24, 2.45) is 0 Å². The summed E-state index contributed by atoms with van der Waals surface area (Å²) in [6, 6.07) is 23.3. The molecule has 4 aromatic rings. The van der Waals surface area contributed by atoms with Crippen LogP contribution in [-0.4, -0.2) is 58.2 Å². The van der Waals surface area contributed by atoms with Gasteiger partial charge in [-0.2, -0.15) is 9.78 Å². The summed E-state index contributed by atoms with van der Waals surface area (Å²) in [5.74, 6) is 0.771. The lowest BCUT2D eigenvalue weighted by atomic mass is 10.1. The van der Waals surface area contributed by atoms with Gasteiger partial charge in [0.25, 0.3) is 11.5 Å². The fourth-order valence-corrected chi connectivity index (χ4v) is 4.58. The summed E-state index contributed by atoms with van der Waals surface area (Å²) < 4.78 is 7.25. The standard InChI is InChI=1S/C29H28ClN5O3/c1-2-33-15-17-34(18-16-33)28(36)21-9-8-10-22(19-21)32-27-26(38-23-11-4-3-5-12-23)20-31-35(29(27)37)25-14-7-6-13-24(25)30/h3-14,19-20,32H,2,15-18H2,1H3. The number of amides is 1. The van der Waals surface area contributed by atoms with Gasteiger partial charge in [0.2, 0.25) is 0 Å². The van der Waals surface area contributed by atoms with E-state index in [0.717, 1.165) is 19.6 Å². The summed E-state index contributed by atoms with van der Waals surface area (Å²) in [4.78, 5) is 31.1. The average molecular weight is 530 g/mol. The SMILES string of the molecule is CCN1CCN(C(=O)c2cccc(Nc3c(Oc4ccccc4)cnn(-c4ccccc4Cl)c3=O)c2)CC1. The molecule has 1 aromatic heterocycles. The first-order valence-corrected chi connectivity index (χ1v) is 12.9. The molecular weight excluding hydrogens is 502 g/mol. The number of carbonyl (C=O) groups is 1. The van der Waals surface area contributed by atoms with Gasteiger partial charge in [-0.1, -0.05) is 54.9 Å². The van der Waals surface area contributed by atoms with Crippen molar-refractivity contribution in [1.29, 1.82) is 0 Å². The Labute approximate surface area is 226 Å². The second-order valence-corrected chi connectivity index (χ2v) is 9.31. The summed E-state index contributed by atoms with van der Waals surface area (Å²) in [5, 5.41) is 7.89. The zero-order valence-electron chi connectivity index (χ0n) is 21.0. The average Bonchev–Trinajstić information content (AvgIpc) is 2.96. The van der Waals surface area contributed by atoms with Crippen LogP contribution in [0.4, 0.5) is 11.4 Å². The molecule has 0 atom stereocenters. The van der Waals surface area contributed by atoms with Crippen LogP contribution in [0.1, 0.15) is 17.3 Å². The van der Waals surface area contributed by atoms with E-state index in [9.17, 15) is 9.59 Å². The van der Waals surface area contributed by atoms with Gasteiger partial charge < -0.3 is 19.9 Å². The summed E-state index contributed by atoms with van der Waals surface area (Å²) in [5.41, 5.74) is 1.30. The van der Waals surface area contributed by atoms with Crippen LogP contribution >= 0.6 is 11.6 Å². The Kier molecular flexibility index (Phi) is 7.72. The molecule has 8 nitrogen and oxygen atoms in total. The number of benzene rings is 3. The van der Waals surface area contributed by atoms with E-state index in [4.69, 9.17) is 16.3 Å². The van der Waals surface area contributed by atoms with E-state index in [1.54, 1.807) is 60.7 Å². The zero-order valence-corrected chi connectivity index (χ0v) is 21.8. The van der Waals surface area contributed by atoms with Gasteiger partial charge in [0.1, 0.15) is 5.75 Å². The molecule has 1 N–H and O–H groups in total. The monoisotopic (exact) mass is 529 g/mol. The van der Waals surface area contributed by atoms with E-state index in [0.29, 0.717) is 40.8 Å². The van der Waals surface area contributed by atoms with Crippen molar-refractivity contribution in [2.45, 2.75) is 6.92 Å². The minimum atomic E-state index is -0.445. The molecule has 0 radical (unpaired) electrons. The Morgan fingerprint density at radius 1 is 0.974 bits per heavy atom. The van der Waals surface area contributed by atoms with Crippen LogP contribution in [0.5, 0.6) is 11.5 Å². The minimum absolute atomic E-state index is 0.0339. The van der Waals surface area contributed by atoms with Crippen LogP contribution in [0.2, 0.25) is 5.02 Å². The van der Waals surface area contributed by atoms with Gasteiger partial charge in [-0.25, -0.2) is 0 Å². The number of hydrogen-bond donors (Lipinski definition) is 1. The van der Waals surface area contributed by atoms with Gasteiger partial charge in [0.15, 0.2) is 11.4 Å². The molecule has 1 aliphatic heterocycles. The highest BCUT2D eigenvalue weighted by atomic mass is 35.5. The third-order valence-corrected chi connectivity index (χ3v) is 6.80. The molecule has 2 heterocycles. The highest BCUT2D eigenvalue weighted by Gasteiger charge is 2.22. The number of nitrogens with zero attached hydrogens (tertiary/aromatic N) is 4. The molecule has 0 saturated carbocycles. The maximum Gasteiger partial charge on any atom is 0.299 e. The van der Waals surface area contributed by atoms with Crippen LogP contribution in [0.25, 0.3) is 5.69 Å². The van der Waals surface area contributed by atoms with Crippen LogP contribution in [0, 0.1) is 0 Å². The number of piperazine rings is 1. The molecule has 1 aliphatic rings.